The highest BCUT2D eigenvalue weighted by Crippen LogP contribution is 2.19. The summed E-state index contributed by atoms with van der Waals surface area (Å²) < 4.78 is 7.08. The van der Waals surface area contributed by atoms with Gasteiger partial charge in [-0.05, 0) is 23.6 Å². The molecule has 0 unspecified atom stereocenters. The molecule has 4 rings (SSSR count). The molecule has 0 radical (unpaired) electrons. The van der Waals surface area contributed by atoms with E-state index in [4.69, 9.17) is 4.42 Å². The number of aromatic nitrogens is 4. The number of carbonyl (C=O) groups is 1. The first kappa shape index (κ1) is 17.2. The van der Waals surface area contributed by atoms with E-state index >= 15 is 0 Å². The highest BCUT2D eigenvalue weighted by molar-refractivity contribution is 7.10. The summed E-state index contributed by atoms with van der Waals surface area (Å²) in [5.74, 6) is 1.52. The van der Waals surface area contributed by atoms with Crippen LogP contribution in [0.5, 0.6) is 0 Å². The molecule has 8 nitrogen and oxygen atoms in total. The SMILES string of the molecule is O=C(Cc1cccs1)NCCn1ncc2c(NCc3ccco3)ncnc21. The molecule has 0 aromatic carbocycles. The molecule has 4 heterocycles. The third kappa shape index (κ3) is 4.14. The third-order valence-electron chi connectivity index (χ3n) is 4.00. The molecular formula is C18H18N6O2S. The minimum absolute atomic E-state index is 0.00402. The minimum Gasteiger partial charge on any atom is -0.467 e. The van der Waals surface area contributed by atoms with Crippen molar-refractivity contribution in [3.05, 3.63) is 59.1 Å². The Labute approximate surface area is 159 Å². The topological polar surface area (TPSA) is 97.9 Å². The summed E-state index contributed by atoms with van der Waals surface area (Å²) in [6.07, 6.45) is 5.27. The number of anilines is 1. The zero-order valence-electron chi connectivity index (χ0n) is 14.5. The number of amides is 1. The first-order valence-corrected chi connectivity index (χ1v) is 9.39. The van der Waals surface area contributed by atoms with Gasteiger partial charge in [0.1, 0.15) is 17.9 Å². The molecule has 0 aliphatic heterocycles. The van der Waals surface area contributed by atoms with E-state index in [-0.39, 0.29) is 5.91 Å². The van der Waals surface area contributed by atoms with Crippen molar-refractivity contribution in [1.29, 1.82) is 0 Å². The van der Waals surface area contributed by atoms with Gasteiger partial charge in [0.05, 0.1) is 37.4 Å². The van der Waals surface area contributed by atoms with Gasteiger partial charge in [0.2, 0.25) is 5.91 Å². The first-order valence-electron chi connectivity index (χ1n) is 8.51. The van der Waals surface area contributed by atoms with E-state index in [9.17, 15) is 4.79 Å². The Bertz CT molecular complexity index is 1010. The maximum absolute atomic E-state index is 12.0. The van der Waals surface area contributed by atoms with E-state index in [0.29, 0.717) is 31.9 Å². The number of rotatable bonds is 8. The number of fused-ring (bicyclic) bond motifs is 1. The molecule has 2 N–H and O–H groups in total. The lowest BCUT2D eigenvalue weighted by Crippen LogP contribution is -2.28. The van der Waals surface area contributed by atoms with Gasteiger partial charge in [0.25, 0.3) is 0 Å². The molecule has 9 heteroatoms. The number of hydrogen-bond acceptors (Lipinski definition) is 7. The van der Waals surface area contributed by atoms with Crippen LogP contribution in [0.3, 0.4) is 0 Å². The number of furan rings is 1. The Morgan fingerprint density at radius 3 is 3.04 bits per heavy atom. The predicted octanol–water partition coefficient (Wildman–Crippen LogP) is 2.45. The van der Waals surface area contributed by atoms with Crippen LogP contribution >= 0.6 is 11.3 Å². The lowest BCUT2D eigenvalue weighted by atomic mass is 10.3. The Morgan fingerprint density at radius 2 is 2.22 bits per heavy atom. The summed E-state index contributed by atoms with van der Waals surface area (Å²) in [7, 11) is 0. The van der Waals surface area contributed by atoms with E-state index in [1.807, 2.05) is 29.6 Å². The van der Waals surface area contributed by atoms with Crippen molar-refractivity contribution in [3.63, 3.8) is 0 Å². The second kappa shape index (κ2) is 8.00. The Kier molecular flexibility index (Phi) is 5.10. The fourth-order valence-corrected chi connectivity index (χ4v) is 3.42. The molecule has 0 spiro atoms. The van der Waals surface area contributed by atoms with Crippen LogP contribution in [0.25, 0.3) is 11.0 Å². The molecule has 138 valence electrons. The summed E-state index contributed by atoms with van der Waals surface area (Å²) in [5, 5.41) is 13.3. The van der Waals surface area contributed by atoms with Crippen molar-refractivity contribution < 1.29 is 9.21 Å². The number of nitrogens with zero attached hydrogens (tertiary/aromatic N) is 4. The third-order valence-corrected chi connectivity index (χ3v) is 4.88. The van der Waals surface area contributed by atoms with Crippen molar-refractivity contribution in [1.82, 2.24) is 25.1 Å². The molecule has 0 bridgehead atoms. The zero-order valence-corrected chi connectivity index (χ0v) is 15.3. The number of nitrogens with one attached hydrogen (secondary N) is 2. The second-order valence-electron chi connectivity index (χ2n) is 5.87. The van der Waals surface area contributed by atoms with Crippen LogP contribution in [0.15, 0.2) is 52.9 Å². The maximum Gasteiger partial charge on any atom is 0.225 e. The summed E-state index contributed by atoms with van der Waals surface area (Å²) in [5.41, 5.74) is 0.722. The van der Waals surface area contributed by atoms with E-state index in [0.717, 1.165) is 21.7 Å². The van der Waals surface area contributed by atoms with Gasteiger partial charge in [-0.2, -0.15) is 5.10 Å². The fourth-order valence-electron chi connectivity index (χ4n) is 2.72. The van der Waals surface area contributed by atoms with Crippen LogP contribution in [0.2, 0.25) is 0 Å². The normalized spacial score (nSPS) is 11.0. The maximum atomic E-state index is 12.0. The van der Waals surface area contributed by atoms with E-state index in [2.05, 4.69) is 25.7 Å². The summed E-state index contributed by atoms with van der Waals surface area (Å²) in [6, 6.07) is 7.64. The summed E-state index contributed by atoms with van der Waals surface area (Å²) in [4.78, 5) is 21.6. The van der Waals surface area contributed by atoms with Gasteiger partial charge in [0.15, 0.2) is 5.65 Å². The summed E-state index contributed by atoms with van der Waals surface area (Å²) >= 11 is 1.58. The molecular weight excluding hydrogens is 364 g/mol. The van der Waals surface area contributed by atoms with Crippen molar-refractivity contribution in [3.8, 4) is 0 Å². The summed E-state index contributed by atoms with van der Waals surface area (Å²) in [6.45, 7) is 1.55. The van der Waals surface area contributed by atoms with Crippen molar-refractivity contribution in [2.45, 2.75) is 19.5 Å². The van der Waals surface area contributed by atoms with Crippen LogP contribution < -0.4 is 10.6 Å². The molecule has 1 amide bonds. The van der Waals surface area contributed by atoms with Crippen LogP contribution in [-0.2, 0) is 24.3 Å². The Hall–Kier alpha value is -3.20. The van der Waals surface area contributed by atoms with Crippen molar-refractivity contribution >= 4 is 34.1 Å². The molecule has 0 fully saturated rings. The number of carbonyl (C=O) groups excluding carboxylic acids is 1. The van der Waals surface area contributed by atoms with Crippen molar-refractivity contribution in [2.75, 3.05) is 11.9 Å². The van der Waals surface area contributed by atoms with Crippen LogP contribution in [0.1, 0.15) is 10.6 Å². The molecule has 0 saturated carbocycles. The molecule has 0 aliphatic rings. The molecule has 0 aliphatic carbocycles. The highest BCUT2D eigenvalue weighted by atomic mass is 32.1. The lowest BCUT2D eigenvalue weighted by Gasteiger charge is -2.07. The molecule has 0 atom stereocenters. The Morgan fingerprint density at radius 1 is 1.26 bits per heavy atom. The average Bonchev–Trinajstić information content (AvgIpc) is 3.42. The fraction of sp³-hybridized carbons (Fsp3) is 0.222. The first-order chi connectivity index (χ1) is 13.3. The second-order valence-corrected chi connectivity index (χ2v) is 6.90. The smallest absolute Gasteiger partial charge is 0.225 e. The predicted molar refractivity (Wildman–Crippen MR) is 102 cm³/mol. The molecule has 4 aromatic heterocycles. The van der Waals surface area contributed by atoms with Gasteiger partial charge < -0.3 is 15.1 Å². The van der Waals surface area contributed by atoms with Crippen LogP contribution in [0.4, 0.5) is 5.82 Å². The Balaban J connectivity index is 1.36. The van der Waals surface area contributed by atoms with Gasteiger partial charge in [0, 0.05) is 11.4 Å². The van der Waals surface area contributed by atoms with Gasteiger partial charge >= 0.3 is 0 Å². The standard InChI is InChI=1S/C18H18N6O2S/c25-16(9-14-4-2-8-27-14)19-5-6-24-18-15(11-23-24)17(21-12-22-18)20-10-13-3-1-7-26-13/h1-4,7-8,11-12H,5-6,9-10H2,(H,19,25)(H,20,21,22). The van der Waals surface area contributed by atoms with Gasteiger partial charge in [-0.1, -0.05) is 6.07 Å². The number of hydrogen-bond donors (Lipinski definition) is 2. The molecule has 27 heavy (non-hydrogen) atoms. The lowest BCUT2D eigenvalue weighted by molar-refractivity contribution is -0.120. The minimum atomic E-state index is 0.00402. The van der Waals surface area contributed by atoms with Gasteiger partial charge in [-0.25, -0.2) is 14.6 Å². The van der Waals surface area contributed by atoms with Crippen LogP contribution in [0, 0.1) is 0 Å². The zero-order chi connectivity index (χ0) is 18.5. The average molecular weight is 382 g/mol. The molecule has 0 saturated heterocycles. The van der Waals surface area contributed by atoms with Crippen LogP contribution in [-0.4, -0.2) is 32.2 Å². The highest BCUT2D eigenvalue weighted by Gasteiger charge is 2.10. The monoisotopic (exact) mass is 382 g/mol. The largest absolute Gasteiger partial charge is 0.467 e. The number of thiophene rings is 1. The van der Waals surface area contributed by atoms with Gasteiger partial charge in [-0.15, -0.1) is 11.3 Å². The van der Waals surface area contributed by atoms with E-state index in [1.54, 1.807) is 28.5 Å². The molecule has 4 aromatic rings. The van der Waals surface area contributed by atoms with Crippen molar-refractivity contribution in [2.24, 2.45) is 0 Å². The van der Waals surface area contributed by atoms with E-state index < -0.39 is 0 Å². The van der Waals surface area contributed by atoms with E-state index in [1.165, 1.54) is 6.33 Å². The van der Waals surface area contributed by atoms with Gasteiger partial charge in [-0.3, -0.25) is 4.79 Å². The quantitative estimate of drug-likeness (QED) is 0.486.